The molecule has 2 rings (SSSR count). The van der Waals surface area contributed by atoms with Gasteiger partial charge in [-0.2, -0.15) is 0 Å². The number of hydrogen-bond acceptors (Lipinski definition) is 2. The van der Waals surface area contributed by atoms with Crippen LogP contribution in [-0.4, -0.2) is 5.91 Å². The van der Waals surface area contributed by atoms with Crippen molar-refractivity contribution < 1.29 is 9.18 Å². The number of carbonyl (C=O) groups excluding carboxylic acids is 1. The molecule has 0 aromatic heterocycles. The van der Waals surface area contributed by atoms with Crippen LogP contribution in [0.5, 0.6) is 0 Å². The largest absolute Gasteiger partial charge is 0.398 e. The first kappa shape index (κ1) is 13.4. The Balaban J connectivity index is 2.20. The van der Waals surface area contributed by atoms with Gasteiger partial charge in [-0.3, -0.25) is 4.79 Å². The Morgan fingerprint density at radius 2 is 2.00 bits per heavy atom. The van der Waals surface area contributed by atoms with Crippen LogP contribution in [0.15, 0.2) is 36.4 Å². The van der Waals surface area contributed by atoms with Gasteiger partial charge in [0, 0.05) is 11.3 Å². The van der Waals surface area contributed by atoms with Crippen molar-refractivity contribution in [2.24, 2.45) is 0 Å². The standard InChI is InChI=1S/C14H12ClFN2O/c1-8-6-10(3-4-12(8)16)18-14(19)9-2-5-13(17)11(15)7-9/h2-7H,17H2,1H3,(H,18,19). The SMILES string of the molecule is Cc1cc(NC(=O)c2ccc(N)c(Cl)c2)ccc1F. The molecule has 2 aromatic carbocycles. The molecule has 0 saturated carbocycles. The average molecular weight is 279 g/mol. The predicted molar refractivity (Wildman–Crippen MR) is 75.0 cm³/mol. The minimum absolute atomic E-state index is 0.312. The summed E-state index contributed by atoms with van der Waals surface area (Å²) in [5.74, 6) is -0.638. The molecule has 1 amide bonds. The van der Waals surface area contributed by atoms with Crippen LogP contribution in [0.4, 0.5) is 15.8 Å². The quantitative estimate of drug-likeness (QED) is 0.824. The maximum Gasteiger partial charge on any atom is 0.255 e. The summed E-state index contributed by atoms with van der Waals surface area (Å²) in [4.78, 5) is 12.0. The number of anilines is 2. The van der Waals surface area contributed by atoms with Gasteiger partial charge < -0.3 is 11.1 Å². The lowest BCUT2D eigenvalue weighted by Crippen LogP contribution is -2.12. The first-order valence-corrected chi connectivity index (χ1v) is 5.97. The second-order valence-electron chi connectivity index (χ2n) is 4.15. The highest BCUT2D eigenvalue weighted by Crippen LogP contribution is 2.21. The molecule has 0 fully saturated rings. The summed E-state index contributed by atoms with van der Waals surface area (Å²) < 4.78 is 13.1. The van der Waals surface area contributed by atoms with Crippen molar-refractivity contribution in [3.63, 3.8) is 0 Å². The summed E-state index contributed by atoms with van der Waals surface area (Å²) in [6.07, 6.45) is 0. The zero-order chi connectivity index (χ0) is 14.0. The van der Waals surface area contributed by atoms with E-state index in [0.29, 0.717) is 27.5 Å². The fraction of sp³-hybridized carbons (Fsp3) is 0.0714. The average Bonchev–Trinajstić information content (AvgIpc) is 2.37. The molecule has 0 heterocycles. The van der Waals surface area contributed by atoms with E-state index < -0.39 is 0 Å². The highest BCUT2D eigenvalue weighted by Gasteiger charge is 2.09. The van der Waals surface area contributed by atoms with Gasteiger partial charge >= 0.3 is 0 Å². The first-order chi connectivity index (χ1) is 8.97. The molecule has 98 valence electrons. The van der Waals surface area contributed by atoms with E-state index in [1.54, 1.807) is 25.1 Å². The molecule has 19 heavy (non-hydrogen) atoms. The lowest BCUT2D eigenvalue weighted by atomic mass is 10.1. The van der Waals surface area contributed by atoms with Crippen LogP contribution in [-0.2, 0) is 0 Å². The number of benzene rings is 2. The molecule has 0 aliphatic heterocycles. The molecule has 0 aliphatic rings. The third kappa shape index (κ3) is 3.03. The van der Waals surface area contributed by atoms with Gasteiger partial charge in [0.15, 0.2) is 0 Å². The first-order valence-electron chi connectivity index (χ1n) is 5.60. The second-order valence-corrected chi connectivity index (χ2v) is 4.56. The van der Waals surface area contributed by atoms with Crippen molar-refractivity contribution in [2.75, 3.05) is 11.1 Å². The smallest absolute Gasteiger partial charge is 0.255 e. The van der Waals surface area contributed by atoms with Crippen LogP contribution >= 0.6 is 11.6 Å². The maximum absolute atomic E-state index is 13.1. The van der Waals surface area contributed by atoms with Gasteiger partial charge in [-0.15, -0.1) is 0 Å². The van der Waals surface area contributed by atoms with E-state index in [9.17, 15) is 9.18 Å². The number of nitrogens with one attached hydrogen (secondary N) is 1. The van der Waals surface area contributed by atoms with Crippen LogP contribution in [0, 0.1) is 12.7 Å². The highest BCUT2D eigenvalue weighted by atomic mass is 35.5. The molecule has 2 aromatic rings. The van der Waals surface area contributed by atoms with Crippen LogP contribution in [0.1, 0.15) is 15.9 Å². The topological polar surface area (TPSA) is 55.1 Å². The molecule has 0 spiro atoms. The Bertz CT molecular complexity index is 643. The van der Waals surface area contributed by atoms with Gasteiger partial charge in [0.2, 0.25) is 0 Å². The predicted octanol–water partition coefficient (Wildman–Crippen LogP) is 3.62. The zero-order valence-electron chi connectivity index (χ0n) is 10.2. The lowest BCUT2D eigenvalue weighted by Gasteiger charge is -2.07. The molecule has 5 heteroatoms. The Hall–Kier alpha value is -2.07. The van der Waals surface area contributed by atoms with E-state index in [-0.39, 0.29) is 11.7 Å². The van der Waals surface area contributed by atoms with Crippen LogP contribution in [0.3, 0.4) is 0 Å². The fourth-order valence-electron chi connectivity index (χ4n) is 1.59. The van der Waals surface area contributed by atoms with Gasteiger partial charge in [0.1, 0.15) is 5.82 Å². The summed E-state index contributed by atoms with van der Waals surface area (Å²) >= 11 is 5.85. The molecule has 0 atom stereocenters. The minimum atomic E-state index is -0.326. The maximum atomic E-state index is 13.1. The number of hydrogen-bond donors (Lipinski definition) is 2. The van der Waals surface area contributed by atoms with Crippen molar-refractivity contribution in [2.45, 2.75) is 6.92 Å². The second kappa shape index (κ2) is 5.28. The fourth-order valence-corrected chi connectivity index (χ4v) is 1.77. The molecule has 0 aliphatic carbocycles. The van der Waals surface area contributed by atoms with E-state index in [1.165, 1.54) is 18.2 Å². The van der Waals surface area contributed by atoms with Crippen LogP contribution < -0.4 is 11.1 Å². The third-order valence-electron chi connectivity index (χ3n) is 2.68. The van der Waals surface area contributed by atoms with Crippen molar-refractivity contribution in [1.82, 2.24) is 0 Å². The summed E-state index contributed by atoms with van der Waals surface area (Å²) in [5, 5.41) is 2.99. The molecule has 0 unspecified atom stereocenters. The molecular formula is C14H12ClFN2O. The summed E-state index contributed by atoms with van der Waals surface area (Å²) in [6, 6.07) is 8.99. The number of carbonyl (C=O) groups is 1. The Morgan fingerprint density at radius 1 is 1.26 bits per heavy atom. The number of halogens is 2. The van der Waals surface area contributed by atoms with E-state index >= 15 is 0 Å². The Kier molecular flexibility index (Phi) is 3.71. The van der Waals surface area contributed by atoms with Gasteiger partial charge in [-0.1, -0.05) is 11.6 Å². The molecule has 0 saturated heterocycles. The summed E-state index contributed by atoms with van der Waals surface area (Å²) in [5.41, 5.74) is 7.37. The van der Waals surface area contributed by atoms with E-state index in [4.69, 9.17) is 17.3 Å². The van der Waals surface area contributed by atoms with E-state index in [0.717, 1.165) is 0 Å². The number of aryl methyl sites for hydroxylation is 1. The van der Waals surface area contributed by atoms with E-state index in [1.807, 2.05) is 0 Å². The van der Waals surface area contributed by atoms with Gasteiger partial charge in [0.05, 0.1) is 10.7 Å². The van der Waals surface area contributed by atoms with E-state index in [2.05, 4.69) is 5.32 Å². The summed E-state index contributed by atoms with van der Waals surface area (Å²) in [7, 11) is 0. The highest BCUT2D eigenvalue weighted by molar-refractivity contribution is 6.33. The normalized spacial score (nSPS) is 10.3. The van der Waals surface area contributed by atoms with Crippen molar-refractivity contribution in [3.05, 3.63) is 58.4 Å². The Labute approximate surface area is 115 Å². The molecule has 0 radical (unpaired) electrons. The Morgan fingerprint density at radius 3 is 2.63 bits per heavy atom. The number of nitrogens with two attached hydrogens (primary N) is 1. The van der Waals surface area contributed by atoms with Crippen molar-refractivity contribution in [1.29, 1.82) is 0 Å². The van der Waals surface area contributed by atoms with Crippen molar-refractivity contribution in [3.8, 4) is 0 Å². The lowest BCUT2D eigenvalue weighted by molar-refractivity contribution is 0.102. The van der Waals surface area contributed by atoms with Crippen LogP contribution in [0.25, 0.3) is 0 Å². The third-order valence-corrected chi connectivity index (χ3v) is 3.01. The number of nitrogen functional groups attached to an aromatic ring is 1. The zero-order valence-corrected chi connectivity index (χ0v) is 11.0. The van der Waals surface area contributed by atoms with Crippen molar-refractivity contribution >= 4 is 28.9 Å². The van der Waals surface area contributed by atoms with Gasteiger partial charge in [-0.05, 0) is 48.9 Å². The minimum Gasteiger partial charge on any atom is -0.398 e. The molecule has 3 N–H and O–H groups in total. The summed E-state index contributed by atoms with van der Waals surface area (Å²) in [6.45, 7) is 1.63. The molecular weight excluding hydrogens is 267 g/mol. The monoisotopic (exact) mass is 278 g/mol. The number of rotatable bonds is 2. The molecule has 3 nitrogen and oxygen atoms in total. The van der Waals surface area contributed by atoms with Gasteiger partial charge in [0.25, 0.3) is 5.91 Å². The van der Waals surface area contributed by atoms with Gasteiger partial charge in [-0.25, -0.2) is 4.39 Å². The molecule has 0 bridgehead atoms. The number of amides is 1. The van der Waals surface area contributed by atoms with Crippen LogP contribution in [0.2, 0.25) is 5.02 Å².